The van der Waals surface area contributed by atoms with Crippen molar-refractivity contribution in [1.29, 1.82) is 0 Å². The first-order valence-corrected chi connectivity index (χ1v) is 4.93. The highest BCUT2D eigenvalue weighted by Gasteiger charge is 2.07. The van der Waals surface area contributed by atoms with Crippen molar-refractivity contribution in [3.63, 3.8) is 0 Å². The van der Waals surface area contributed by atoms with Gasteiger partial charge in [0.25, 0.3) is 0 Å². The highest BCUT2D eigenvalue weighted by molar-refractivity contribution is 5.91. The third kappa shape index (κ3) is 6.68. The van der Waals surface area contributed by atoms with Crippen LogP contribution in [0.5, 0.6) is 0 Å². The summed E-state index contributed by atoms with van der Waals surface area (Å²) < 4.78 is 0. The number of primary amides is 1. The summed E-state index contributed by atoms with van der Waals surface area (Å²) in [4.78, 5) is 21.6. The first-order valence-electron chi connectivity index (χ1n) is 4.93. The molecule has 0 spiro atoms. The smallest absolute Gasteiger partial charge is 0.246 e. The van der Waals surface area contributed by atoms with Gasteiger partial charge in [-0.2, -0.15) is 0 Å². The SMILES string of the molecule is C=C(C)C(=O)NCCCCC(N)C(N)=O. The topological polar surface area (TPSA) is 98.2 Å². The van der Waals surface area contributed by atoms with Crippen molar-refractivity contribution in [1.82, 2.24) is 5.32 Å². The number of hydrogen-bond acceptors (Lipinski definition) is 3. The molecule has 86 valence electrons. The Bertz CT molecular complexity index is 251. The normalized spacial score (nSPS) is 11.9. The molecule has 0 rings (SSSR count). The number of amides is 2. The highest BCUT2D eigenvalue weighted by Crippen LogP contribution is 1.97. The minimum absolute atomic E-state index is 0.144. The second-order valence-electron chi connectivity index (χ2n) is 3.54. The molecule has 0 aliphatic heterocycles. The van der Waals surface area contributed by atoms with Crippen LogP contribution in [0.3, 0.4) is 0 Å². The molecule has 5 N–H and O–H groups in total. The van der Waals surface area contributed by atoms with E-state index in [9.17, 15) is 9.59 Å². The van der Waals surface area contributed by atoms with Crippen LogP contribution in [0.2, 0.25) is 0 Å². The molecule has 0 saturated carbocycles. The van der Waals surface area contributed by atoms with Crippen LogP contribution in [-0.2, 0) is 9.59 Å². The number of nitrogens with one attached hydrogen (secondary N) is 1. The molecular formula is C10H19N3O2. The van der Waals surface area contributed by atoms with Gasteiger partial charge in [0.1, 0.15) is 0 Å². The van der Waals surface area contributed by atoms with Gasteiger partial charge in [0.15, 0.2) is 0 Å². The average Bonchev–Trinajstić information content (AvgIpc) is 2.16. The molecule has 0 radical (unpaired) electrons. The molecule has 0 aromatic rings. The van der Waals surface area contributed by atoms with Gasteiger partial charge in [0, 0.05) is 12.1 Å². The molecule has 2 amide bonds. The molecule has 0 aliphatic rings. The van der Waals surface area contributed by atoms with E-state index in [-0.39, 0.29) is 5.91 Å². The number of unbranched alkanes of at least 4 members (excludes halogenated alkanes) is 1. The van der Waals surface area contributed by atoms with Gasteiger partial charge in [-0.05, 0) is 26.2 Å². The molecular weight excluding hydrogens is 194 g/mol. The van der Waals surface area contributed by atoms with Crippen molar-refractivity contribution in [3.8, 4) is 0 Å². The number of carbonyl (C=O) groups excluding carboxylic acids is 2. The monoisotopic (exact) mass is 213 g/mol. The lowest BCUT2D eigenvalue weighted by atomic mass is 10.1. The summed E-state index contributed by atoms with van der Waals surface area (Å²) in [6.45, 7) is 5.73. The van der Waals surface area contributed by atoms with Crippen LogP contribution >= 0.6 is 0 Å². The molecule has 0 fully saturated rings. The van der Waals surface area contributed by atoms with Crippen LogP contribution in [0.4, 0.5) is 0 Å². The maximum absolute atomic E-state index is 11.0. The van der Waals surface area contributed by atoms with Gasteiger partial charge in [-0.15, -0.1) is 0 Å². The van der Waals surface area contributed by atoms with Crippen molar-refractivity contribution in [2.75, 3.05) is 6.54 Å². The Morgan fingerprint density at radius 2 is 2.00 bits per heavy atom. The summed E-state index contributed by atoms with van der Waals surface area (Å²) >= 11 is 0. The van der Waals surface area contributed by atoms with Crippen LogP contribution < -0.4 is 16.8 Å². The number of nitrogens with two attached hydrogens (primary N) is 2. The van der Waals surface area contributed by atoms with Crippen LogP contribution in [0.25, 0.3) is 0 Å². The van der Waals surface area contributed by atoms with Gasteiger partial charge in [-0.3, -0.25) is 9.59 Å². The Labute approximate surface area is 89.9 Å². The minimum atomic E-state index is -0.582. The Morgan fingerprint density at radius 3 is 2.47 bits per heavy atom. The fraction of sp³-hybridized carbons (Fsp3) is 0.600. The van der Waals surface area contributed by atoms with Crippen LogP contribution in [0, 0.1) is 0 Å². The zero-order valence-corrected chi connectivity index (χ0v) is 9.08. The van der Waals surface area contributed by atoms with E-state index in [0.29, 0.717) is 18.5 Å². The van der Waals surface area contributed by atoms with E-state index >= 15 is 0 Å². The van der Waals surface area contributed by atoms with Crippen LogP contribution in [-0.4, -0.2) is 24.4 Å². The predicted molar refractivity (Wildman–Crippen MR) is 58.8 cm³/mol. The third-order valence-electron chi connectivity index (χ3n) is 1.98. The third-order valence-corrected chi connectivity index (χ3v) is 1.98. The van der Waals surface area contributed by atoms with Gasteiger partial charge >= 0.3 is 0 Å². The van der Waals surface area contributed by atoms with E-state index in [1.165, 1.54) is 0 Å². The first kappa shape index (κ1) is 13.6. The maximum atomic E-state index is 11.0. The Hall–Kier alpha value is -1.36. The van der Waals surface area contributed by atoms with Gasteiger partial charge < -0.3 is 16.8 Å². The van der Waals surface area contributed by atoms with Gasteiger partial charge in [0.05, 0.1) is 6.04 Å². The molecule has 0 aromatic heterocycles. The maximum Gasteiger partial charge on any atom is 0.246 e. The van der Waals surface area contributed by atoms with Crippen molar-refractivity contribution in [2.45, 2.75) is 32.2 Å². The molecule has 5 heteroatoms. The molecule has 0 saturated heterocycles. The summed E-state index contributed by atoms with van der Waals surface area (Å²) in [7, 11) is 0. The van der Waals surface area contributed by atoms with Crippen molar-refractivity contribution < 1.29 is 9.59 Å². The molecule has 0 aliphatic carbocycles. The zero-order valence-electron chi connectivity index (χ0n) is 9.08. The molecule has 0 aromatic carbocycles. The standard InChI is InChI=1S/C10H19N3O2/c1-7(2)10(15)13-6-4-3-5-8(11)9(12)14/h8H,1,3-6,11H2,2H3,(H2,12,14)(H,13,15). The summed E-state index contributed by atoms with van der Waals surface area (Å²) in [5, 5.41) is 2.69. The van der Waals surface area contributed by atoms with Crippen molar-refractivity contribution >= 4 is 11.8 Å². The van der Waals surface area contributed by atoms with Crippen molar-refractivity contribution in [2.24, 2.45) is 11.5 Å². The molecule has 0 bridgehead atoms. The van der Waals surface area contributed by atoms with E-state index in [2.05, 4.69) is 11.9 Å². The number of rotatable bonds is 7. The Kier molecular flexibility index (Phi) is 6.37. The van der Waals surface area contributed by atoms with E-state index in [4.69, 9.17) is 11.5 Å². The number of hydrogen-bond donors (Lipinski definition) is 3. The molecule has 0 heterocycles. The predicted octanol–water partition coefficient (Wildman–Crippen LogP) is -0.338. The second kappa shape index (κ2) is 7.00. The lowest BCUT2D eigenvalue weighted by Gasteiger charge is -2.07. The quantitative estimate of drug-likeness (QED) is 0.398. The van der Waals surface area contributed by atoms with E-state index in [0.717, 1.165) is 12.8 Å². The lowest BCUT2D eigenvalue weighted by molar-refractivity contribution is -0.119. The highest BCUT2D eigenvalue weighted by atomic mass is 16.2. The van der Waals surface area contributed by atoms with Gasteiger partial charge in [0.2, 0.25) is 11.8 Å². The van der Waals surface area contributed by atoms with E-state index in [1.54, 1.807) is 6.92 Å². The van der Waals surface area contributed by atoms with Crippen molar-refractivity contribution in [3.05, 3.63) is 12.2 Å². The largest absolute Gasteiger partial charge is 0.368 e. The average molecular weight is 213 g/mol. The summed E-state index contributed by atoms with van der Waals surface area (Å²) in [5.74, 6) is -0.629. The van der Waals surface area contributed by atoms with Gasteiger partial charge in [-0.1, -0.05) is 6.58 Å². The lowest BCUT2D eigenvalue weighted by Crippen LogP contribution is -2.36. The van der Waals surface area contributed by atoms with Crippen LogP contribution in [0.15, 0.2) is 12.2 Å². The number of carbonyl (C=O) groups is 2. The molecule has 1 atom stereocenters. The fourth-order valence-electron chi connectivity index (χ4n) is 0.984. The fourth-order valence-corrected chi connectivity index (χ4v) is 0.984. The Balaban J connectivity index is 3.44. The Morgan fingerprint density at radius 1 is 1.40 bits per heavy atom. The molecule has 15 heavy (non-hydrogen) atoms. The van der Waals surface area contributed by atoms with E-state index in [1.807, 2.05) is 0 Å². The second-order valence-corrected chi connectivity index (χ2v) is 3.54. The van der Waals surface area contributed by atoms with Crippen LogP contribution in [0.1, 0.15) is 26.2 Å². The zero-order chi connectivity index (χ0) is 11.8. The molecule has 5 nitrogen and oxygen atoms in total. The van der Waals surface area contributed by atoms with E-state index < -0.39 is 11.9 Å². The summed E-state index contributed by atoms with van der Waals surface area (Å²) in [6.07, 6.45) is 2.10. The first-order chi connectivity index (χ1) is 6.95. The molecule has 1 unspecified atom stereocenters. The summed E-state index contributed by atoms with van der Waals surface area (Å²) in [5.41, 5.74) is 10.9. The summed E-state index contributed by atoms with van der Waals surface area (Å²) in [6, 6.07) is -0.582. The van der Waals surface area contributed by atoms with Gasteiger partial charge in [-0.25, -0.2) is 0 Å². The minimum Gasteiger partial charge on any atom is -0.368 e.